The van der Waals surface area contributed by atoms with Gasteiger partial charge >= 0.3 is 0 Å². The smallest absolute Gasteiger partial charge is 0.248 e. The lowest BCUT2D eigenvalue weighted by Crippen LogP contribution is -2.34. The maximum Gasteiger partial charge on any atom is 0.248 e. The molecule has 3 unspecified atom stereocenters. The highest BCUT2D eigenvalue weighted by Crippen LogP contribution is 2.35. The summed E-state index contributed by atoms with van der Waals surface area (Å²) in [6.45, 7) is 6.78. The number of fused-ring (bicyclic) bond motifs is 1. The Kier molecular flexibility index (Phi) is 3.76. The van der Waals surface area contributed by atoms with Crippen molar-refractivity contribution in [2.45, 2.75) is 25.9 Å². The van der Waals surface area contributed by atoms with E-state index in [-0.39, 0.29) is 5.91 Å². The van der Waals surface area contributed by atoms with Gasteiger partial charge in [0.15, 0.2) is 0 Å². The maximum atomic E-state index is 11.1. The lowest BCUT2D eigenvalue weighted by molar-refractivity contribution is 0.100. The van der Waals surface area contributed by atoms with E-state index in [9.17, 15) is 4.79 Å². The zero-order valence-electron chi connectivity index (χ0n) is 12.0. The number of hydrogen-bond donors (Lipinski definition) is 2. The van der Waals surface area contributed by atoms with Gasteiger partial charge in [-0.2, -0.15) is 0 Å². The third-order valence-electron chi connectivity index (χ3n) is 4.87. The summed E-state index contributed by atoms with van der Waals surface area (Å²) < 4.78 is 0. The van der Waals surface area contributed by atoms with E-state index in [2.05, 4.69) is 17.1 Å². The van der Waals surface area contributed by atoms with Crippen molar-refractivity contribution in [2.24, 2.45) is 17.6 Å². The van der Waals surface area contributed by atoms with Crippen molar-refractivity contribution in [3.8, 4) is 0 Å². The monoisotopic (exact) mass is 273 g/mol. The first kappa shape index (κ1) is 13.6. The average molecular weight is 273 g/mol. The van der Waals surface area contributed by atoms with Crippen LogP contribution in [0.3, 0.4) is 0 Å². The number of hydrogen-bond acceptors (Lipinski definition) is 3. The molecule has 3 rings (SSSR count). The second kappa shape index (κ2) is 5.54. The fourth-order valence-corrected chi connectivity index (χ4v) is 3.86. The van der Waals surface area contributed by atoms with Gasteiger partial charge in [-0.05, 0) is 49.0 Å². The van der Waals surface area contributed by atoms with Gasteiger partial charge in [0.05, 0.1) is 0 Å². The van der Waals surface area contributed by atoms with Crippen LogP contribution >= 0.6 is 0 Å². The maximum absolute atomic E-state index is 11.1. The number of nitrogens with two attached hydrogens (primary N) is 1. The molecule has 2 aliphatic heterocycles. The van der Waals surface area contributed by atoms with E-state index >= 15 is 0 Å². The number of primary amides is 1. The van der Waals surface area contributed by atoms with Gasteiger partial charge in [-0.15, -0.1) is 0 Å². The molecule has 1 aromatic carbocycles. The number of benzene rings is 1. The Morgan fingerprint density at radius 1 is 1.35 bits per heavy atom. The molecule has 1 aromatic rings. The summed E-state index contributed by atoms with van der Waals surface area (Å²) in [7, 11) is 0. The molecule has 0 spiro atoms. The van der Waals surface area contributed by atoms with E-state index in [4.69, 9.17) is 5.73 Å². The minimum Gasteiger partial charge on any atom is -0.366 e. The lowest BCUT2D eigenvalue weighted by atomic mass is 9.93. The molecule has 2 heterocycles. The molecule has 0 bridgehead atoms. The van der Waals surface area contributed by atoms with Crippen molar-refractivity contribution in [2.75, 3.05) is 19.6 Å². The van der Waals surface area contributed by atoms with Crippen LogP contribution in [-0.2, 0) is 6.54 Å². The highest BCUT2D eigenvalue weighted by Gasteiger charge is 2.42. The summed E-state index contributed by atoms with van der Waals surface area (Å²) in [5.74, 6) is 1.26. The van der Waals surface area contributed by atoms with Gasteiger partial charge in [-0.25, -0.2) is 0 Å². The molecule has 108 valence electrons. The molecule has 3 atom stereocenters. The topological polar surface area (TPSA) is 58.4 Å². The van der Waals surface area contributed by atoms with Gasteiger partial charge in [0.1, 0.15) is 0 Å². The van der Waals surface area contributed by atoms with Gasteiger partial charge in [0.2, 0.25) is 5.91 Å². The van der Waals surface area contributed by atoms with E-state index in [1.54, 1.807) is 0 Å². The Hall–Kier alpha value is -1.39. The van der Waals surface area contributed by atoms with Gasteiger partial charge in [0.25, 0.3) is 0 Å². The van der Waals surface area contributed by atoms with Crippen molar-refractivity contribution >= 4 is 5.91 Å². The van der Waals surface area contributed by atoms with Crippen LogP contribution < -0.4 is 11.1 Å². The van der Waals surface area contributed by atoms with Crippen LogP contribution in [0, 0.1) is 11.8 Å². The van der Waals surface area contributed by atoms with E-state index in [0.29, 0.717) is 11.6 Å². The van der Waals surface area contributed by atoms with Gasteiger partial charge in [-0.1, -0.05) is 19.1 Å². The van der Waals surface area contributed by atoms with E-state index < -0.39 is 0 Å². The van der Waals surface area contributed by atoms with E-state index in [1.165, 1.54) is 25.1 Å². The molecule has 3 N–H and O–H groups in total. The predicted octanol–water partition coefficient (Wildman–Crippen LogP) is 1.22. The lowest BCUT2D eigenvalue weighted by Gasteiger charge is -2.26. The average Bonchev–Trinajstić information content (AvgIpc) is 2.99. The largest absolute Gasteiger partial charge is 0.366 e. The number of nitrogens with one attached hydrogen (secondary N) is 1. The minimum absolute atomic E-state index is 0.357. The number of likely N-dealkylation sites (tertiary alicyclic amines) is 1. The molecule has 2 saturated heterocycles. The van der Waals surface area contributed by atoms with Crippen LogP contribution in [0.25, 0.3) is 0 Å². The van der Waals surface area contributed by atoms with Crippen molar-refractivity contribution in [1.29, 1.82) is 0 Å². The second-order valence-electron chi connectivity index (χ2n) is 6.05. The molecule has 0 saturated carbocycles. The Morgan fingerprint density at radius 2 is 2.10 bits per heavy atom. The summed E-state index contributed by atoms with van der Waals surface area (Å²) in [6.07, 6.45) is 1.21. The van der Waals surface area contributed by atoms with E-state index in [0.717, 1.165) is 24.9 Å². The summed E-state index contributed by atoms with van der Waals surface area (Å²) in [6, 6.07) is 8.40. The molecule has 0 aromatic heterocycles. The van der Waals surface area contributed by atoms with Crippen LogP contribution in [0.5, 0.6) is 0 Å². The summed E-state index contributed by atoms with van der Waals surface area (Å²) in [5.41, 5.74) is 7.13. The minimum atomic E-state index is -0.357. The standard InChI is InChI=1S/C16H23N3O/c1-2-15-14-8-18-7-13(14)10-19(15)9-11-3-5-12(6-4-11)16(17)20/h3-6,13-15,18H,2,7-10H2,1H3,(H2,17,20). The summed E-state index contributed by atoms with van der Waals surface area (Å²) in [5, 5.41) is 3.51. The Labute approximate surface area is 120 Å². The molecule has 0 aliphatic carbocycles. The third-order valence-corrected chi connectivity index (χ3v) is 4.87. The van der Waals surface area contributed by atoms with Crippen LogP contribution in [0.15, 0.2) is 24.3 Å². The predicted molar refractivity (Wildman–Crippen MR) is 79.3 cm³/mol. The van der Waals surface area contributed by atoms with Crippen molar-refractivity contribution in [3.63, 3.8) is 0 Å². The Balaban J connectivity index is 1.69. The fourth-order valence-electron chi connectivity index (χ4n) is 3.86. The second-order valence-corrected chi connectivity index (χ2v) is 6.05. The van der Waals surface area contributed by atoms with Crippen LogP contribution in [0.4, 0.5) is 0 Å². The van der Waals surface area contributed by atoms with Gasteiger partial charge in [0, 0.05) is 24.7 Å². The quantitative estimate of drug-likeness (QED) is 0.867. The fraction of sp³-hybridized carbons (Fsp3) is 0.562. The first-order valence-corrected chi connectivity index (χ1v) is 7.52. The molecule has 0 radical (unpaired) electrons. The van der Waals surface area contributed by atoms with Gasteiger partial charge < -0.3 is 11.1 Å². The first-order chi connectivity index (χ1) is 9.69. The number of amides is 1. The summed E-state index contributed by atoms with van der Waals surface area (Å²) in [4.78, 5) is 13.7. The van der Waals surface area contributed by atoms with Crippen molar-refractivity contribution < 1.29 is 4.79 Å². The SMILES string of the molecule is CCC1C2CNCC2CN1Cc1ccc(C(N)=O)cc1. The van der Waals surface area contributed by atoms with Crippen LogP contribution in [0.1, 0.15) is 29.3 Å². The molecule has 2 aliphatic rings. The first-order valence-electron chi connectivity index (χ1n) is 7.52. The van der Waals surface area contributed by atoms with Gasteiger partial charge in [-0.3, -0.25) is 9.69 Å². The number of carbonyl (C=O) groups is 1. The molecule has 1 amide bonds. The molecular formula is C16H23N3O. The normalized spacial score (nSPS) is 29.6. The van der Waals surface area contributed by atoms with Crippen molar-refractivity contribution in [3.05, 3.63) is 35.4 Å². The van der Waals surface area contributed by atoms with E-state index in [1.807, 2.05) is 24.3 Å². The Morgan fingerprint density at radius 3 is 2.75 bits per heavy atom. The van der Waals surface area contributed by atoms with Crippen molar-refractivity contribution in [1.82, 2.24) is 10.2 Å². The molecular weight excluding hydrogens is 250 g/mol. The molecule has 2 fully saturated rings. The van der Waals surface area contributed by atoms with Crippen LogP contribution in [0.2, 0.25) is 0 Å². The molecule has 4 nitrogen and oxygen atoms in total. The van der Waals surface area contributed by atoms with Crippen LogP contribution in [-0.4, -0.2) is 36.5 Å². The molecule has 4 heteroatoms. The Bertz CT molecular complexity index is 485. The number of nitrogens with zero attached hydrogens (tertiary/aromatic N) is 1. The number of carbonyl (C=O) groups excluding carboxylic acids is 1. The third kappa shape index (κ3) is 2.45. The summed E-state index contributed by atoms with van der Waals surface area (Å²) >= 11 is 0. The number of rotatable bonds is 4. The highest BCUT2D eigenvalue weighted by atomic mass is 16.1. The zero-order chi connectivity index (χ0) is 14.1. The zero-order valence-corrected chi connectivity index (χ0v) is 12.0. The highest BCUT2D eigenvalue weighted by molar-refractivity contribution is 5.92. The molecule has 20 heavy (non-hydrogen) atoms.